The number of halogens is 1. The minimum Gasteiger partial charge on any atom is -0.462 e. The van der Waals surface area contributed by atoms with E-state index in [0.29, 0.717) is 16.3 Å². The van der Waals surface area contributed by atoms with E-state index in [2.05, 4.69) is 20.9 Å². The first-order valence-corrected chi connectivity index (χ1v) is 12.7. The lowest BCUT2D eigenvalue weighted by molar-refractivity contribution is -0.122. The molecule has 0 saturated carbocycles. The van der Waals surface area contributed by atoms with E-state index in [9.17, 15) is 19.2 Å². The zero-order chi connectivity index (χ0) is 23.3. The summed E-state index contributed by atoms with van der Waals surface area (Å²) in [4.78, 5) is 55.7. The Kier molecular flexibility index (Phi) is 5.75. The number of esters is 1. The highest BCUT2D eigenvalue weighted by molar-refractivity contribution is 9.10. The maximum absolute atomic E-state index is 13.6. The van der Waals surface area contributed by atoms with Crippen LogP contribution in [0, 0.1) is 5.92 Å². The normalized spacial score (nSPS) is 21.6. The molecular weight excluding hydrogens is 528 g/mol. The van der Waals surface area contributed by atoms with Crippen molar-refractivity contribution in [1.82, 2.24) is 4.98 Å². The van der Waals surface area contributed by atoms with Crippen LogP contribution in [0.2, 0.25) is 0 Å². The predicted molar refractivity (Wildman–Crippen MR) is 129 cm³/mol. The number of H-pyrrole nitrogens is 1. The number of amides is 2. The maximum Gasteiger partial charge on any atom is 0.338 e. The number of anilines is 1. The highest BCUT2D eigenvalue weighted by atomic mass is 79.9. The number of thiazole rings is 1. The molecule has 33 heavy (non-hydrogen) atoms. The number of benzene rings is 2. The molecule has 2 amide bonds. The number of fused-ring (bicyclic) bond motifs is 2. The first-order chi connectivity index (χ1) is 15.9. The highest BCUT2D eigenvalue weighted by Crippen LogP contribution is 2.53. The molecule has 10 heteroatoms. The summed E-state index contributed by atoms with van der Waals surface area (Å²) >= 11 is 5.74. The van der Waals surface area contributed by atoms with Crippen molar-refractivity contribution in [2.45, 2.75) is 23.1 Å². The largest absolute Gasteiger partial charge is 0.462 e. The Bertz CT molecular complexity index is 1320. The van der Waals surface area contributed by atoms with Crippen molar-refractivity contribution in [3.8, 4) is 0 Å². The molecule has 2 aliphatic heterocycles. The van der Waals surface area contributed by atoms with E-state index in [0.717, 1.165) is 26.3 Å². The summed E-state index contributed by atoms with van der Waals surface area (Å²) in [5, 5.41) is -0.0199. The number of carbonyl (C=O) groups is 3. The number of thioether (sulfide) groups is 1. The summed E-state index contributed by atoms with van der Waals surface area (Å²) in [6, 6.07) is 13.8. The van der Waals surface area contributed by atoms with Gasteiger partial charge < -0.3 is 9.72 Å². The van der Waals surface area contributed by atoms with Gasteiger partial charge in [0.05, 0.1) is 28.8 Å². The lowest BCUT2D eigenvalue weighted by atomic mass is 9.83. The lowest BCUT2D eigenvalue weighted by Crippen LogP contribution is -2.32. The molecule has 5 rings (SSSR count). The van der Waals surface area contributed by atoms with Crippen LogP contribution < -0.4 is 9.77 Å². The molecule has 3 atom stereocenters. The molecule has 0 unspecified atom stereocenters. The molecule has 0 spiro atoms. The van der Waals surface area contributed by atoms with Gasteiger partial charge in [-0.1, -0.05) is 51.2 Å². The molecule has 168 valence electrons. The first-order valence-electron chi connectivity index (χ1n) is 10.2. The van der Waals surface area contributed by atoms with Crippen molar-refractivity contribution in [2.75, 3.05) is 11.5 Å². The smallest absolute Gasteiger partial charge is 0.338 e. The number of nitrogens with zero attached hydrogens (tertiary/aromatic N) is 1. The number of hydrogen-bond acceptors (Lipinski definition) is 7. The number of imide groups is 1. The van der Waals surface area contributed by atoms with Gasteiger partial charge in [-0.25, -0.2) is 9.69 Å². The molecule has 2 aromatic carbocycles. The van der Waals surface area contributed by atoms with Crippen molar-refractivity contribution < 1.29 is 19.1 Å². The number of nitrogens with one attached hydrogen (secondary N) is 1. The molecule has 2 aliphatic rings. The molecule has 0 aliphatic carbocycles. The SMILES string of the molecule is CCOC(=O)c1ccc(N2C(=O)[C@H]3[C@H](c4ccc(Br)cc4)c4sc(=O)[nH]c4S[C@H]3C2=O)cc1. The van der Waals surface area contributed by atoms with Crippen molar-refractivity contribution in [1.29, 1.82) is 0 Å². The molecule has 3 heterocycles. The summed E-state index contributed by atoms with van der Waals surface area (Å²) < 4.78 is 5.90. The van der Waals surface area contributed by atoms with Crippen LogP contribution in [0.5, 0.6) is 0 Å². The van der Waals surface area contributed by atoms with Crippen LogP contribution >= 0.6 is 39.0 Å². The van der Waals surface area contributed by atoms with E-state index in [1.54, 1.807) is 31.2 Å². The monoisotopic (exact) mass is 544 g/mol. The number of carbonyl (C=O) groups excluding carboxylic acids is 3. The molecule has 3 aromatic rings. The summed E-state index contributed by atoms with van der Waals surface area (Å²) in [6.45, 7) is 1.98. The summed E-state index contributed by atoms with van der Waals surface area (Å²) in [5.41, 5.74) is 1.61. The van der Waals surface area contributed by atoms with Crippen molar-refractivity contribution >= 4 is 62.5 Å². The Balaban J connectivity index is 1.54. The third-order valence-electron chi connectivity index (χ3n) is 5.69. The number of hydrogen-bond donors (Lipinski definition) is 1. The van der Waals surface area contributed by atoms with Gasteiger partial charge in [-0.2, -0.15) is 0 Å². The van der Waals surface area contributed by atoms with Crippen LogP contribution in [0.3, 0.4) is 0 Å². The van der Waals surface area contributed by atoms with E-state index < -0.39 is 23.1 Å². The molecule has 0 bridgehead atoms. The van der Waals surface area contributed by atoms with Crippen LogP contribution in [0.25, 0.3) is 0 Å². The zero-order valence-corrected chi connectivity index (χ0v) is 20.5. The second-order valence-corrected chi connectivity index (χ2v) is 10.7. The molecule has 1 aromatic heterocycles. The van der Waals surface area contributed by atoms with Gasteiger partial charge >= 0.3 is 10.8 Å². The van der Waals surface area contributed by atoms with Crippen LogP contribution in [0.15, 0.2) is 62.8 Å². The van der Waals surface area contributed by atoms with Crippen molar-refractivity contribution in [3.05, 3.63) is 78.7 Å². The highest BCUT2D eigenvalue weighted by Gasteiger charge is 2.56. The second kappa shape index (κ2) is 8.58. The zero-order valence-electron chi connectivity index (χ0n) is 17.2. The Morgan fingerprint density at radius 3 is 2.42 bits per heavy atom. The van der Waals surface area contributed by atoms with Gasteiger partial charge in [0.2, 0.25) is 11.8 Å². The number of aromatic amines is 1. The fourth-order valence-electron chi connectivity index (χ4n) is 4.26. The summed E-state index contributed by atoms with van der Waals surface area (Å²) in [6.07, 6.45) is 0. The standard InChI is InChI=1S/C23H17BrN2O5S2/c1-2-31-22(29)12-5-9-14(10-6-12)26-20(27)16-15(11-3-7-13(24)8-4-11)17-19(25-23(30)33-17)32-18(16)21(26)28/h3-10,15-16,18H,2H2,1H3,(H,25,30)/t15-,16-,18+/m0/s1. The van der Waals surface area contributed by atoms with Crippen molar-refractivity contribution in [3.63, 3.8) is 0 Å². The molecular formula is C23H17BrN2O5S2. The predicted octanol–water partition coefficient (Wildman–Crippen LogP) is 4.17. The average molecular weight is 545 g/mol. The van der Waals surface area contributed by atoms with Gasteiger partial charge in [-0.3, -0.25) is 14.4 Å². The third-order valence-corrected chi connectivity index (χ3v) is 8.62. The number of rotatable bonds is 4. The van der Waals surface area contributed by atoms with Gasteiger partial charge in [-0.05, 0) is 48.9 Å². The molecule has 1 N–H and O–H groups in total. The first kappa shape index (κ1) is 22.1. The Labute approximate surface area is 205 Å². The lowest BCUT2D eigenvalue weighted by Gasteiger charge is -2.29. The van der Waals surface area contributed by atoms with E-state index >= 15 is 0 Å². The summed E-state index contributed by atoms with van der Waals surface area (Å²) in [5.74, 6) is -2.17. The maximum atomic E-state index is 13.6. The van der Waals surface area contributed by atoms with Gasteiger partial charge in [0.15, 0.2) is 0 Å². The van der Waals surface area contributed by atoms with Gasteiger partial charge in [0.25, 0.3) is 0 Å². The average Bonchev–Trinajstić information content (AvgIpc) is 3.29. The number of aromatic nitrogens is 1. The fourth-order valence-corrected chi connectivity index (χ4v) is 7.04. The van der Waals surface area contributed by atoms with Gasteiger partial charge in [0.1, 0.15) is 5.25 Å². The van der Waals surface area contributed by atoms with Crippen LogP contribution in [0.4, 0.5) is 5.69 Å². The Morgan fingerprint density at radius 1 is 1.06 bits per heavy atom. The van der Waals surface area contributed by atoms with Gasteiger partial charge in [-0.15, -0.1) is 0 Å². The van der Waals surface area contributed by atoms with Gasteiger partial charge in [0, 0.05) is 15.3 Å². The summed E-state index contributed by atoms with van der Waals surface area (Å²) in [7, 11) is 0. The van der Waals surface area contributed by atoms with E-state index in [4.69, 9.17) is 4.74 Å². The molecule has 1 saturated heterocycles. The fraction of sp³-hybridized carbons (Fsp3) is 0.217. The molecule has 0 radical (unpaired) electrons. The van der Waals surface area contributed by atoms with E-state index in [1.165, 1.54) is 16.7 Å². The quantitative estimate of drug-likeness (QED) is 0.391. The molecule has 7 nitrogen and oxygen atoms in total. The second-order valence-electron chi connectivity index (χ2n) is 7.58. The van der Waals surface area contributed by atoms with E-state index in [1.807, 2.05) is 24.3 Å². The topological polar surface area (TPSA) is 96.5 Å². The van der Waals surface area contributed by atoms with Crippen LogP contribution in [-0.2, 0) is 14.3 Å². The number of ether oxygens (including phenoxy) is 1. The van der Waals surface area contributed by atoms with Crippen LogP contribution in [0.1, 0.15) is 33.6 Å². The van der Waals surface area contributed by atoms with E-state index in [-0.39, 0.29) is 23.3 Å². The minimum absolute atomic E-state index is 0.208. The Morgan fingerprint density at radius 2 is 1.76 bits per heavy atom. The third kappa shape index (κ3) is 3.75. The van der Waals surface area contributed by atoms with Crippen LogP contribution in [-0.4, -0.2) is 34.6 Å². The molecule has 1 fully saturated rings. The van der Waals surface area contributed by atoms with Crippen molar-refractivity contribution in [2.24, 2.45) is 5.92 Å². The Hall–Kier alpha value is -2.69. The minimum atomic E-state index is -0.659.